The largest absolute Gasteiger partial charge is 0.466 e. The van der Waals surface area contributed by atoms with Crippen molar-refractivity contribution >= 4 is 22.1 Å². The summed E-state index contributed by atoms with van der Waals surface area (Å²) in [5.41, 5.74) is 0. The van der Waals surface area contributed by atoms with Crippen molar-refractivity contribution in [1.29, 1.82) is 0 Å². The molecule has 0 aromatic heterocycles. The van der Waals surface area contributed by atoms with Crippen LogP contribution in [0.1, 0.15) is 117 Å². The highest BCUT2D eigenvalue weighted by Crippen LogP contribution is 2.24. The fraction of sp³-hybridized carbons (Fsp3) is 0.913. The zero-order chi connectivity index (χ0) is 23.6. The van der Waals surface area contributed by atoms with Crippen molar-refractivity contribution in [2.75, 3.05) is 13.2 Å². The fourth-order valence-corrected chi connectivity index (χ4v) is 3.79. The molecule has 8 heteroatoms. The van der Waals surface area contributed by atoms with Crippen molar-refractivity contribution in [2.24, 2.45) is 0 Å². The predicted molar refractivity (Wildman–Crippen MR) is 122 cm³/mol. The molecule has 0 aromatic rings. The summed E-state index contributed by atoms with van der Waals surface area (Å²) in [6.07, 6.45) is 13.8. The highest BCUT2D eigenvalue weighted by atomic mass is 32.2. The van der Waals surface area contributed by atoms with E-state index in [4.69, 9.17) is 9.47 Å². The third-order valence-electron chi connectivity index (χ3n) is 5.47. The summed E-state index contributed by atoms with van der Waals surface area (Å²) >= 11 is 0. The van der Waals surface area contributed by atoms with Crippen LogP contribution in [0.4, 0.5) is 0 Å². The van der Waals surface area contributed by atoms with Crippen LogP contribution in [-0.2, 0) is 29.2 Å². The number of hydrogen-bond donors (Lipinski definition) is 1. The summed E-state index contributed by atoms with van der Waals surface area (Å²) in [6, 6.07) is 0. The first kappa shape index (κ1) is 29.9. The first-order valence-electron chi connectivity index (χ1n) is 12.0. The maximum atomic E-state index is 12.4. The third kappa shape index (κ3) is 13.8. The zero-order valence-corrected chi connectivity index (χ0v) is 20.6. The minimum Gasteiger partial charge on any atom is -0.466 e. The Balaban J connectivity index is 4.31. The lowest BCUT2D eigenvalue weighted by Gasteiger charge is -2.23. The molecule has 0 heterocycles. The summed E-state index contributed by atoms with van der Waals surface area (Å²) in [7, 11) is -4.84. The highest BCUT2D eigenvalue weighted by Gasteiger charge is 2.49. The number of carbonyl (C=O) groups excluding carboxylic acids is 2. The van der Waals surface area contributed by atoms with Gasteiger partial charge in [0.25, 0.3) is 10.1 Å². The standard InChI is InChI=1S/C23H44O7S/c1-4-6-8-10-12-14-16-18-29-21(24)20-23(3,31(26,27)28)22(25)30-19-17-15-13-11-9-7-5-2/h4-20H2,1-3H3,(H,26,27,28). The Labute approximate surface area is 189 Å². The van der Waals surface area contributed by atoms with E-state index in [0.29, 0.717) is 12.8 Å². The fourth-order valence-electron chi connectivity index (χ4n) is 3.22. The van der Waals surface area contributed by atoms with Gasteiger partial charge in [-0.1, -0.05) is 90.9 Å². The van der Waals surface area contributed by atoms with E-state index in [0.717, 1.165) is 45.4 Å². The number of carbonyl (C=O) groups is 2. The molecule has 31 heavy (non-hydrogen) atoms. The van der Waals surface area contributed by atoms with Crippen LogP contribution >= 0.6 is 0 Å². The first-order valence-corrected chi connectivity index (χ1v) is 13.4. The molecule has 1 atom stereocenters. The summed E-state index contributed by atoms with van der Waals surface area (Å²) in [6.45, 7) is 5.54. The van der Waals surface area contributed by atoms with Gasteiger partial charge in [0.2, 0.25) is 4.75 Å². The Morgan fingerprint density at radius 3 is 1.52 bits per heavy atom. The number of rotatable bonds is 20. The van der Waals surface area contributed by atoms with Gasteiger partial charge in [0.15, 0.2) is 0 Å². The molecule has 0 fully saturated rings. The normalized spacial score (nSPS) is 13.5. The Bertz CT molecular complexity index is 589. The molecule has 1 unspecified atom stereocenters. The molecular weight excluding hydrogens is 420 g/mol. The van der Waals surface area contributed by atoms with Gasteiger partial charge in [-0.25, -0.2) is 0 Å². The third-order valence-corrected chi connectivity index (χ3v) is 6.92. The van der Waals surface area contributed by atoms with Gasteiger partial charge < -0.3 is 9.47 Å². The number of esters is 2. The molecule has 1 N–H and O–H groups in total. The van der Waals surface area contributed by atoms with Crippen molar-refractivity contribution in [3.8, 4) is 0 Å². The van der Waals surface area contributed by atoms with Crippen LogP contribution in [-0.4, -0.2) is 42.9 Å². The average molecular weight is 465 g/mol. The minimum absolute atomic E-state index is 0.0603. The molecule has 0 rings (SSSR count). The van der Waals surface area contributed by atoms with Gasteiger partial charge in [-0.15, -0.1) is 0 Å². The predicted octanol–water partition coefficient (Wildman–Crippen LogP) is 5.61. The van der Waals surface area contributed by atoms with Gasteiger partial charge in [-0.2, -0.15) is 8.42 Å². The zero-order valence-electron chi connectivity index (χ0n) is 19.8. The summed E-state index contributed by atoms with van der Waals surface area (Å²) in [4.78, 5) is 24.4. The SMILES string of the molecule is CCCCCCCCCOC(=O)CC(C)(C(=O)OCCCCCCCCC)S(=O)(=O)O. The van der Waals surface area contributed by atoms with Gasteiger partial charge in [-0.3, -0.25) is 14.1 Å². The lowest BCUT2D eigenvalue weighted by molar-refractivity contribution is -0.153. The van der Waals surface area contributed by atoms with Crippen LogP contribution in [0.25, 0.3) is 0 Å². The highest BCUT2D eigenvalue weighted by molar-refractivity contribution is 7.88. The van der Waals surface area contributed by atoms with Crippen molar-refractivity contribution in [3.05, 3.63) is 0 Å². The molecular formula is C23H44O7S. The van der Waals surface area contributed by atoms with Crippen molar-refractivity contribution in [2.45, 2.75) is 122 Å². The second-order valence-electron chi connectivity index (χ2n) is 8.48. The van der Waals surface area contributed by atoms with E-state index in [1.807, 2.05) is 0 Å². The summed E-state index contributed by atoms with van der Waals surface area (Å²) < 4.78 is 41.0. The van der Waals surface area contributed by atoms with E-state index < -0.39 is 33.2 Å². The number of hydrogen-bond acceptors (Lipinski definition) is 6. The summed E-state index contributed by atoms with van der Waals surface area (Å²) in [5.74, 6) is -1.95. The molecule has 184 valence electrons. The monoisotopic (exact) mass is 464 g/mol. The van der Waals surface area contributed by atoms with Crippen LogP contribution in [0.15, 0.2) is 0 Å². The van der Waals surface area contributed by atoms with Gasteiger partial charge >= 0.3 is 11.9 Å². The van der Waals surface area contributed by atoms with E-state index in [-0.39, 0.29) is 13.2 Å². The molecule has 0 bridgehead atoms. The van der Waals surface area contributed by atoms with Gasteiger partial charge in [0.1, 0.15) is 0 Å². The van der Waals surface area contributed by atoms with E-state index >= 15 is 0 Å². The number of unbranched alkanes of at least 4 members (excludes halogenated alkanes) is 12. The van der Waals surface area contributed by atoms with Crippen molar-refractivity contribution in [1.82, 2.24) is 0 Å². The number of ether oxygens (including phenoxy) is 2. The Morgan fingerprint density at radius 1 is 0.710 bits per heavy atom. The van der Waals surface area contributed by atoms with E-state index in [1.165, 1.54) is 38.5 Å². The Hall–Kier alpha value is -1.15. The lowest BCUT2D eigenvalue weighted by Crippen LogP contribution is -2.46. The van der Waals surface area contributed by atoms with Gasteiger partial charge in [0, 0.05) is 0 Å². The molecule has 0 aliphatic rings. The van der Waals surface area contributed by atoms with Crippen LogP contribution in [0.5, 0.6) is 0 Å². The Morgan fingerprint density at radius 2 is 1.10 bits per heavy atom. The van der Waals surface area contributed by atoms with Crippen LogP contribution in [0.3, 0.4) is 0 Å². The van der Waals surface area contributed by atoms with Crippen LogP contribution < -0.4 is 0 Å². The topological polar surface area (TPSA) is 107 Å². The molecule has 0 aliphatic carbocycles. The molecule has 7 nitrogen and oxygen atoms in total. The van der Waals surface area contributed by atoms with Crippen molar-refractivity contribution in [3.63, 3.8) is 0 Å². The van der Waals surface area contributed by atoms with Crippen LogP contribution in [0.2, 0.25) is 0 Å². The molecule has 0 saturated heterocycles. The lowest BCUT2D eigenvalue weighted by atomic mass is 10.1. The molecule has 0 aromatic carbocycles. The second-order valence-corrected chi connectivity index (χ2v) is 10.3. The van der Waals surface area contributed by atoms with Crippen molar-refractivity contribution < 1.29 is 32.0 Å². The molecule has 0 spiro atoms. The average Bonchev–Trinajstić information content (AvgIpc) is 2.70. The maximum absolute atomic E-state index is 12.4. The van der Waals surface area contributed by atoms with Gasteiger partial charge in [-0.05, 0) is 19.8 Å². The molecule has 0 aliphatic heterocycles. The van der Waals surface area contributed by atoms with E-state index in [1.54, 1.807) is 0 Å². The maximum Gasteiger partial charge on any atom is 0.330 e. The smallest absolute Gasteiger partial charge is 0.330 e. The van der Waals surface area contributed by atoms with E-state index in [9.17, 15) is 22.6 Å². The summed E-state index contributed by atoms with van der Waals surface area (Å²) in [5, 5.41) is 0. The Kier molecular flexibility index (Phi) is 16.8. The minimum atomic E-state index is -4.84. The second kappa shape index (κ2) is 17.4. The quantitative estimate of drug-likeness (QED) is 0.142. The van der Waals surface area contributed by atoms with Gasteiger partial charge in [0.05, 0.1) is 19.6 Å². The molecule has 0 saturated carbocycles. The van der Waals surface area contributed by atoms with E-state index in [2.05, 4.69) is 13.8 Å². The first-order chi connectivity index (χ1) is 14.7. The molecule has 0 radical (unpaired) electrons. The molecule has 0 amide bonds. The van der Waals surface area contributed by atoms with Crippen LogP contribution in [0, 0.1) is 0 Å².